The highest BCUT2D eigenvalue weighted by molar-refractivity contribution is 5.78. The van der Waals surface area contributed by atoms with Crippen LogP contribution >= 0.6 is 0 Å². The molecule has 0 spiro atoms. The van der Waals surface area contributed by atoms with Crippen molar-refractivity contribution in [2.24, 2.45) is 11.1 Å². The molecule has 0 aliphatic heterocycles. The molecule has 1 saturated carbocycles. The molecule has 0 unspecified atom stereocenters. The Labute approximate surface area is 149 Å². The highest BCUT2D eigenvalue weighted by Crippen LogP contribution is 2.49. The van der Waals surface area contributed by atoms with E-state index in [1.54, 1.807) is 6.33 Å². The van der Waals surface area contributed by atoms with Crippen LogP contribution in [0.25, 0.3) is 11.0 Å². The minimum absolute atomic E-state index is 0.0876. The van der Waals surface area contributed by atoms with Crippen molar-refractivity contribution in [3.05, 3.63) is 24.3 Å². The van der Waals surface area contributed by atoms with Crippen LogP contribution in [0.1, 0.15) is 51.1 Å². The van der Waals surface area contributed by atoms with Gasteiger partial charge in [-0.2, -0.15) is 0 Å². The maximum absolute atomic E-state index is 12.1. The summed E-state index contributed by atoms with van der Waals surface area (Å²) in [6, 6.07) is 2.03. The molecule has 0 bridgehead atoms. The van der Waals surface area contributed by atoms with E-state index in [0.29, 0.717) is 5.41 Å². The standard InChI is InChI=1S/C19H29N5O/c1-2-19(8-9-19)13-24(17(25)12-20)11-5-3-4-6-16-15-7-10-21-18(15)23-14-22-16/h7,10,14H,2-6,8-9,11-13,20H2,1H3,(H,21,22,23). The number of carbonyl (C=O) groups is 1. The van der Waals surface area contributed by atoms with Gasteiger partial charge in [-0.3, -0.25) is 4.79 Å². The minimum Gasteiger partial charge on any atom is -0.346 e. The number of nitrogens with two attached hydrogens (primary N) is 1. The van der Waals surface area contributed by atoms with Gasteiger partial charge in [0.2, 0.25) is 5.91 Å². The summed E-state index contributed by atoms with van der Waals surface area (Å²) >= 11 is 0. The van der Waals surface area contributed by atoms with E-state index < -0.39 is 0 Å². The molecule has 136 valence electrons. The van der Waals surface area contributed by atoms with Gasteiger partial charge in [-0.05, 0) is 50.0 Å². The van der Waals surface area contributed by atoms with Crippen molar-refractivity contribution in [2.45, 2.75) is 51.9 Å². The number of unbranched alkanes of at least 4 members (excludes halogenated alkanes) is 2. The van der Waals surface area contributed by atoms with Crippen LogP contribution < -0.4 is 5.73 Å². The van der Waals surface area contributed by atoms with Crippen LogP contribution in [-0.2, 0) is 11.2 Å². The average molecular weight is 343 g/mol. The fraction of sp³-hybridized carbons (Fsp3) is 0.632. The van der Waals surface area contributed by atoms with Crippen molar-refractivity contribution in [2.75, 3.05) is 19.6 Å². The van der Waals surface area contributed by atoms with Gasteiger partial charge in [0.15, 0.2) is 0 Å². The van der Waals surface area contributed by atoms with Crippen molar-refractivity contribution in [3.8, 4) is 0 Å². The summed E-state index contributed by atoms with van der Waals surface area (Å²) in [5.41, 5.74) is 7.98. The van der Waals surface area contributed by atoms with Crippen LogP contribution in [0.15, 0.2) is 18.6 Å². The zero-order valence-corrected chi connectivity index (χ0v) is 15.1. The smallest absolute Gasteiger partial charge is 0.236 e. The van der Waals surface area contributed by atoms with Gasteiger partial charge in [-0.25, -0.2) is 9.97 Å². The molecule has 2 aromatic rings. The molecule has 1 aliphatic rings. The molecule has 0 atom stereocenters. The third-order valence-electron chi connectivity index (χ3n) is 5.54. The second-order valence-electron chi connectivity index (χ2n) is 7.24. The summed E-state index contributed by atoms with van der Waals surface area (Å²) in [6.07, 6.45) is 11.3. The molecule has 2 heterocycles. The normalized spacial score (nSPS) is 15.4. The molecule has 2 aromatic heterocycles. The van der Waals surface area contributed by atoms with Gasteiger partial charge >= 0.3 is 0 Å². The van der Waals surface area contributed by atoms with Gasteiger partial charge in [0.05, 0.1) is 12.2 Å². The fourth-order valence-electron chi connectivity index (χ4n) is 3.52. The first-order valence-electron chi connectivity index (χ1n) is 9.42. The Kier molecular flexibility index (Phi) is 5.68. The monoisotopic (exact) mass is 343 g/mol. The molecule has 0 radical (unpaired) electrons. The Balaban J connectivity index is 1.44. The van der Waals surface area contributed by atoms with E-state index >= 15 is 0 Å². The molecular formula is C19H29N5O. The zero-order valence-electron chi connectivity index (χ0n) is 15.1. The maximum atomic E-state index is 12.1. The number of hydrogen-bond donors (Lipinski definition) is 2. The largest absolute Gasteiger partial charge is 0.346 e. The van der Waals surface area contributed by atoms with Crippen LogP contribution in [0.5, 0.6) is 0 Å². The molecule has 1 fully saturated rings. The van der Waals surface area contributed by atoms with Gasteiger partial charge in [0.25, 0.3) is 0 Å². The summed E-state index contributed by atoms with van der Waals surface area (Å²) < 4.78 is 0. The number of aromatic amines is 1. The molecule has 1 amide bonds. The van der Waals surface area contributed by atoms with Crippen molar-refractivity contribution < 1.29 is 4.79 Å². The van der Waals surface area contributed by atoms with Gasteiger partial charge in [-0.15, -0.1) is 0 Å². The highest BCUT2D eigenvalue weighted by Gasteiger charge is 2.42. The Hall–Kier alpha value is -1.95. The molecular weight excluding hydrogens is 314 g/mol. The van der Waals surface area contributed by atoms with Crippen LogP contribution in [0.2, 0.25) is 0 Å². The first kappa shape index (κ1) is 17.9. The van der Waals surface area contributed by atoms with E-state index in [4.69, 9.17) is 5.73 Å². The lowest BCUT2D eigenvalue weighted by molar-refractivity contribution is -0.130. The summed E-state index contributed by atoms with van der Waals surface area (Å²) in [6.45, 7) is 4.05. The predicted octanol–water partition coefficient (Wildman–Crippen LogP) is 2.65. The quantitative estimate of drug-likeness (QED) is 0.649. The molecule has 6 heteroatoms. The molecule has 6 nitrogen and oxygen atoms in total. The number of nitrogens with one attached hydrogen (secondary N) is 1. The van der Waals surface area contributed by atoms with Gasteiger partial charge in [0, 0.05) is 24.7 Å². The van der Waals surface area contributed by atoms with Crippen LogP contribution in [-0.4, -0.2) is 45.4 Å². The van der Waals surface area contributed by atoms with Crippen molar-refractivity contribution >= 4 is 16.9 Å². The Morgan fingerprint density at radius 2 is 2.16 bits per heavy atom. The van der Waals surface area contributed by atoms with Crippen molar-refractivity contribution in [1.82, 2.24) is 19.9 Å². The van der Waals surface area contributed by atoms with E-state index in [1.165, 1.54) is 12.8 Å². The summed E-state index contributed by atoms with van der Waals surface area (Å²) in [5, 5.41) is 1.11. The van der Waals surface area contributed by atoms with E-state index in [0.717, 1.165) is 61.9 Å². The van der Waals surface area contributed by atoms with Crippen molar-refractivity contribution in [3.63, 3.8) is 0 Å². The predicted molar refractivity (Wildman–Crippen MR) is 99.0 cm³/mol. The summed E-state index contributed by atoms with van der Waals surface area (Å²) in [7, 11) is 0. The average Bonchev–Trinajstić information content (AvgIpc) is 3.24. The molecule has 0 saturated heterocycles. The summed E-state index contributed by atoms with van der Waals surface area (Å²) in [5.74, 6) is 0.0876. The number of carbonyl (C=O) groups excluding carboxylic acids is 1. The first-order valence-corrected chi connectivity index (χ1v) is 9.42. The molecule has 1 aliphatic carbocycles. The van der Waals surface area contributed by atoms with E-state index in [1.807, 2.05) is 17.2 Å². The third-order valence-corrected chi connectivity index (χ3v) is 5.54. The Morgan fingerprint density at radius 1 is 1.32 bits per heavy atom. The van der Waals surface area contributed by atoms with E-state index in [2.05, 4.69) is 21.9 Å². The summed E-state index contributed by atoms with van der Waals surface area (Å²) in [4.78, 5) is 25.9. The van der Waals surface area contributed by atoms with E-state index in [-0.39, 0.29) is 12.5 Å². The highest BCUT2D eigenvalue weighted by atomic mass is 16.2. The lowest BCUT2D eigenvalue weighted by Gasteiger charge is -2.27. The molecule has 3 N–H and O–H groups in total. The number of aryl methyl sites for hydroxylation is 1. The Morgan fingerprint density at radius 3 is 2.88 bits per heavy atom. The zero-order chi connectivity index (χ0) is 17.7. The van der Waals surface area contributed by atoms with Gasteiger partial charge in [0.1, 0.15) is 12.0 Å². The second kappa shape index (κ2) is 7.95. The fourth-order valence-corrected chi connectivity index (χ4v) is 3.52. The van der Waals surface area contributed by atoms with Gasteiger partial charge < -0.3 is 15.6 Å². The van der Waals surface area contributed by atoms with Gasteiger partial charge in [-0.1, -0.05) is 13.3 Å². The molecule has 3 rings (SSSR count). The van der Waals surface area contributed by atoms with Crippen LogP contribution in [0.4, 0.5) is 0 Å². The second-order valence-corrected chi connectivity index (χ2v) is 7.24. The number of amides is 1. The maximum Gasteiger partial charge on any atom is 0.236 e. The number of rotatable bonds is 10. The lowest BCUT2D eigenvalue weighted by atomic mass is 10.0. The lowest BCUT2D eigenvalue weighted by Crippen LogP contribution is -2.40. The third kappa shape index (κ3) is 4.37. The topological polar surface area (TPSA) is 87.9 Å². The molecule has 0 aromatic carbocycles. The number of nitrogens with zero attached hydrogens (tertiary/aromatic N) is 3. The van der Waals surface area contributed by atoms with E-state index in [9.17, 15) is 4.79 Å². The number of aromatic nitrogens is 3. The van der Waals surface area contributed by atoms with Crippen LogP contribution in [0.3, 0.4) is 0 Å². The minimum atomic E-state index is 0.0876. The number of H-pyrrole nitrogens is 1. The Bertz CT molecular complexity index is 707. The van der Waals surface area contributed by atoms with Crippen molar-refractivity contribution in [1.29, 1.82) is 0 Å². The SMILES string of the molecule is CCC1(CN(CCCCCc2ncnc3[nH]ccc23)C(=O)CN)CC1. The van der Waals surface area contributed by atoms with Crippen LogP contribution in [0, 0.1) is 5.41 Å². The number of fused-ring (bicyclic) bond motifs is 1. The molecule has 25 heavy (non-hydrogen) atoms. The number of hydrogen-bond acceptors (Lipinski definition) is 4. The first-order chi connectivity index (χ1) is 12.2.